The van der Waals surface area contributed by atoms with Crippen LogP contribution in [0, 0.1) is 11.8 Å². The summed E-state index contributed by atoms with van der Waals surface area (Å²) in [5.74, 6) is 1.82. The molecule has 1 saturated carbocycles. The first kappa shape index (κ1) is 9.47. The first-order valence-corrected chi connectivity index (χ1v) is 5.51. The number of aliphatic hydroxyl groups is 1. The Bertz CT molecular complexity index is 179. The van der Waals surface area contributed by atoms with Gasteiger partial charge in [-0.3, -0.25) is 4.90 Å². The Morgan fingerprint density at radius 3 is 2.46 bits per heavy atom. The second kappa shape index (κ2) is 3.25. The van der Waals surface area contributed by atoms with Crippen LogP contribution in [0.3, 0.4) is 0 Å². The maximum absolute atomic E-state index is 9.56. The molecule has 0 spiro atoms. The van der Waals surface area contributed by atoms with Gasteiger partial charge in [-0.15, -0.1) is 0 Å². The van der Waals surface area contributed by atoms with Crippen molar-refractivity contribution in [1.29, 1.82) is 0 Å². The first-order chi connectivity index (χ1) is 6.07. The molecule has 1 N–H and O–H groups in total. The Balaban J connectivity index is 1.68. The number of nitrogens with zero attached hydrogens (tertiary/aromatic N) is 1. The molecule has 1 aliphatic heterocycles. The molecule has 1 heterocycles. The maximum atomic E-state index is 9.56. The van der Waals surface area contributed by atoms with Crippen LogP contribution in [0.5, 0.6) is 0 Å². The van der Waals surface area contributed by atoms with E-state index in [2.05, 4.69) is 11.8 Å². The van der Waals surface area contributed by atoms with Crippen LogP contribution in [-0.4, -0.2) is 35.2 Å². The molecule has 76 valence electrons. The van der Waals surface area contributed by atoms with E-state index >= 15 is 0 Å². The molecule has 0 radical (unpaired) electrons. The summed E-state index contributed by atoms with van der Waals surface area (Å²) >= 11 is 0. The van der Waals surface area contributed by atoms with E-state index in [0.717, 1.165) is 24.9 Å². The number of rotatable bonds is 3. The van der Waals surface area contributed by atoms with Crippen LogP contribution in [0.15, 0.2) is 0 Å². The summed E-state index contributed by atoms with van der Waals surface area (Å²) in [4.78, 5) is 2.38. The van der Waals surface area contributed by atoms with E-state index in [1.807, 2.05) is 6.92 Å². The molecule has 2 fully saturated rings. The molecule has 1 aliphatic carbocycles. The van der Waals surface area contributed by atoms with Crippen LogP contribution in [0.25, 0.3) is 0 Å². The van der Waals surface area contributed by atoms with Gasteiger partial charge in [0.2, 0.25) is 0 Å². The maximum Gasteiger partial charge on any atom is 0.0872 e. The van der Waals surface area contributed by atoms with Crippen molar-refractivity contribution >= 4 is 0 Å². The lowest BCUT2D eigenvalue weighted by molar-refractivity contribution is -0.0917. The van der Waals surface area contributed by atoms with Gasteiger partial charge >= 0.3 is 0 Å². The highest BCUT2D eigenvalue weighted by Crippen LogP contribution is 2.34. The van der Waals surface area contributed by atoms with Crippen molar-refractivity contribution in [3.63, 3.8) is 0 Å². The van der Waals surface area contributed by atoms with E-state index in [1.165, 1.54) is 25.8 Å². The van der Waals surface area contributed by atoms with Crippen LogP contribution in [0.1, 0.15) is 33.1 Å². The SMILES string of the molecule is CC(CN1CC(C)(O)C1)C1CCC1. The van der Waals surface area contributed by atoms with E-state index in [-0.39, 0.29) is 5.60 Å². The van der Waals surface area contributed by atoms with Crippen molar-refractivity contribution in [1.82, 2.24) is 4.90 Å². The minimum absolute atomic E-state index is 0.390. The zero-order chi connectivity index (χ0) is 9.47. The lowest BCUT2D eigenvalue weighted by Crippen LogP contribution is -2.60. The van der Waals surface area contributed by atoms with E-state index in [0.29, 0.717) is 0 Å². The lowest BCUT2D eigenvalue weighted by Gasteiger charge is -2.47. The number of β-amino-alcohol motifs (C(OH)–C–C–N with tert-alkyl or cyclic N) is 1. The Morgan fingerprint density at radius 1 is 1.46 bits per heavy atom. The van der Waals surface area contributed by atoms with Gasteiger partial charge in [-0.1, -0.05) is 26.2 Å². The van der Waals surface area contributed by atoms with Crippen molar-refractivity contribution in [3.8, 4) is 0 Å². The zero-order valence-electron chi connectivity index (χ0n) is 8.79. The summed E-state index contributed by atoms with van der Waals surface area (Å²) in [7, 11) is 0. The quantitative estimate of drug-likeness (QED) is 0.716. The van der Waals surface area contributed by atoms with E-state index in [9.17, 15) is 5.11 Å². The molecule has 1 saturated heterocycles. The summed E-state index contributed by atoms with van der Waals surface area (Å²) < 4.78 is 0. The molecule has 0 aromatic carbocycles. The first-order valence-electron chi connectivity index (χ1n) is 5.51. The summed E-state index contributed by atoms with van der Waals surface area (Å²) in [5, 5.41) is 9.56. The van der Waals surface area contributed by atoms with Gasteiger partial charge in [0.1, 0.15) is 0 Å². The average molecular weight is 183 g/mol. The molecule has 0 amide bonds. The van der Waals surface area contributed by atoms with Gasteiger partial charge in [0.05, 0.1) is 5.60 Å². The largest absolute Gasteiger partial charge is 0.388 e. The topological polar surface area (TPSA) is 23.5 Å². The molecule has 2 heteroatoms. The highest BCUT2D eigenvalue weighted by Gasteiger charge is 2.37. The Morgan fingerprint density at radius 2 is 2.08 bits per heavy atom. The van der Waals surface area contributed by atoms with Crippen LogP contribution < -0.4 is 0 Å². The fourth-order valence-electron chi connectivity index (χ4n) is 2.61. The van der Waals surface area contributed by atoms with Crippen LogP contribution in [0.4, 0.5) is 0 Å². The second-order valence-corrected chi connectivity index (χ2v) is 5.33. The number of hydrogen-bond acceptors (Lipinski definition) is 2. The van der Waals surface area contributed by atoms with Gasteiger partial charge in [-0.25, -0.2) is 0 Å². The predicted octanol–water partition coefficient (Wildman–Crippen LogP) is 1.49. The van der Waals surface area contributed by atoms with Gasteiger partial charge in [0.15, 0.2) is 0 Å². The molecular weight excluding hydrogens is 162 g/mol. The van der Waals surface area contributed by atoms with Crippen molar-refractivity contribution in [3.05, 3.63) is 0 Å². The summed E-state index contributed by atoms with van der Waals surface area (Å²) in [6.45, 7) is 7.24. The molecule has 1 atom stereocenters. The van der Waals surface area contributed by atoms with Crippen LogP contribution in [-0.2, 0) is 0 Å². The van der Waals surface area contributed by atoms with Crippen molar-refractivity contribution < 1.29 is 5.11 Å². The third kappa shape index (κ3) is 2.05. The second-order valence-electron chi connectivity index (χ2n) is 5.33. The van der Waals surface area contributed by atoms with Gasteiger partial charge in [-0.2, -0.15) is 0 Å². The van der Waals surface area contributed by atoms with E-state index in [1.54, 1.807) is 0 Å². The fourth-order valence-corrected chi connectivity index (χ4v) is 2.61. The molecule has 0 aromatic heterocycles. The third-order valence-corrected chi connectivity index (χ3v) is 3.63. The van der Waals surface area contributed by atoms with E-state index in [4.69, 9.17) is 0 Å². The number of hydrogen-bond donors (Lipinski definition) is 1. The molecule has 2 aliphatic rings. The predicted molar refractivity (Wildman–Crippen MR) is 53.6 cm³/mol. The standard InChI is InChI=1S/C11H21NO/c1-9(10-4-3-5-10)6-12-7-11(2,13)8-12/h9-10,13H,3-8H2,1-2H3. The summed E-state index contributed by atoms with van der Waals surface area (Å²) in [6.07, 6.45) is 4.31. The summed E-state index contributed by atoms with van der Waals surface area (Å²) in [5.41, 5.74) is -0.390. The number of likely N-dealkylation sites (tertiary alicyclic amines) is 1. The monoisotopic (exact) mass is 183 g/mol. The fraction of sp³-hybridized carbons (Fsp3) is 1.00. The smallest absolute Gasteiger partial charge is 0.0872 e. The normalized spacial score (nSPS) is 30.7. The third-order valence-electron chi connectivity index (χ3n) is 3.63. The summed E-state index contributed by atoms with van der Waals surface area (Å²) in [6, 6.07) is 0. The average Bonchev–Trinajstić information content (AvgIpc) is 1.77. The molecule has 1 unspecified atom stereocenters. The Labute approximate surface area is 80.9 Å². The molecule has 2 nitrogen and oxygen atoms in total. The highest BCUT2D eigenvalue weighted by atomic mass is 16.3. The minimum atomic E-state index is -0.390. The molecule has 0 bridgehead atoms. The van der Waals surface area contributed by atoms with Crippen LogP contribution >= 0.6 is 0 Å². The van der Waals surface area contributed by atoms with Gasteiger partial charge in [0, 0.05) is 19.6 Å². The lowest BCUT2D eigenvalue weighted by atomic mass is 9.76. The van der Waals surface area contributed by atoms with Gasteiger partial charge in [-0.05, 0) is 18.8 Å². The molecule has 0 aromatic rings. The molecule has 2 rings (SSSR count). The van der Waals surface area contributed by atoms with Crippen molar-refractivity contribution in [2.45, 2.75) is 38.7 Å². The van der Waals surface area contributed by atoms with Gasteiger partial charge in [0.25, 0.3) is 0 Å². The van der Waals surface area contributed by atoms with Gasteiger partial charge < -0.3 is 5.11 Å². The van der Waals surface area contributed by atoms with E-state index < -0.39 is 0 Å². The van der Waals surface area contributed by atoms with Crippen molar-refractivity contribution in [2.75, 3.05) is 19.6 Å². The molecule has 13 heavy (non-hydrogen) atoms. The highest BCUT2D eigenvalue weighted by molar-refractivity contribution is 4.92. The zero-order valence-corrected chi connectivity index (χ0v) is 8.79. The Hall–Kier alpha value is -0.0800. The Kier molecular flexibility index (Phi) is 2.37. The molecular formula is C11H21NO. The van der Waals surface area contributed by atoms with Crippen molar-refractivity contribution in [2.24, 2.45) is 11.8 Å². The minimum Gasteiger partial charge on any atom is -0.388 e. The van der Waals surface area contributed by atoms with Crippen LogP contribution in [0.2, 0.25) is 0 Å².